The fourth-order valence-electron chi connectivity index (χ4n) is 3.48. The molecule has 3 aromatic rings. The molecule has 0 atom stereocenters. The van der Waals surface area contributed by atoms with E-state index in [1.54, 1.807) is 0 Å². The third-order valence-corrected chi connectivity index (χ3v) is 5.25. The summed E-state index contributed by atoms with van der Waals surface area (Å²) in [4.78, 5) is 20.0. The van der Waals surface area contributed by atoms with Gasteiger partial charge in [-0.05, 0) is 39.1 Å². The molecule has 0 saturated heterocycles. The SMILES string of the molecule is CCN(CC)CCNC(=O)c1cc(-c2cnn(CC)c2C)nc2ccccc12. The van der Waals surface area contributed by atoms with Gasteiger partial charge >= 0.3 is 0 Å². The summed E-state index contributed by atoms with van der Waals surface area (Å²) in [6, 6.07) is 9.68. The normalized spacial score (nSPS) is 11.3. The highest BCUT2D eigenvalue weighted by Gasteiger charge is 2.16. The minimum atomic E-state index is -0.0625. The maximum Gasteiger partial charge on any atom is 0.252 e. The summed E-state index contributed by atoms with van der Waals surface area (Å²) in [7, 11) is 0. The lowest BCUT2D eigenvalue weighted by atomic mass is 10.0. The van der Waals surface area contributed by atoms with Crippen molar-refractivity contribution in [2.45, 2.75) is 34.2 Å². The number of carbonyl (C=O) groups is 1. The van der Waals surface area contributed by atoms with E-state index in [0.717, 1.165) is 54.0 Å². The van der Waals surface area contributed by atoms with E-state index in [-0.39, 0.29) is 5.91 Å². The van der Waals surface area contributed by atoms with Gasteiger partial charge in [-0.15, -0.1) is 0 Å². The van der Waals surface area contributed by atoms with Gasteiger partial charge in [-0.1, -0.05) is 32.0 Å². The van der Waals surface area contributed by atoms with Gasteiger partial charge in [0.1, 0.15) is 0 Å². The molecule has 0 bridgehead atoms. The Labute approximate surface area is 166 Å². The smallest absolute Gasteiger partial charge is 0.252 e. The molecule has 0 fully saturated rings. The number of benzene rings is 1. The average molecular weight is 380 g/mol. The number of nitrogens with one attached hydrogen (secondary N) is 1. The molecule has 6 heteroatoms. The second-order valence-corrected chi connectivity index (χ2v) is 6.81. The first-order valence-corrected chi connectivity index (χ1v) is 10.0. The van der Waals surface area contributed by atoms with Gasteiger partial charge < -0.3 is 10.2 Å². The van der Waals surface area contributed by atoms with Crippen LogP contribution < -0.4 is 5.32 Å². The maximum absolute atomic E-state index is 13.0. The monoisotopic (exact) mass is 379 g/mol. The summed E-state index contributed by atoms with van der Waals surface area (Å²) in [6.07, 6.45) is 1.83. The summed E-state index contributed by atoms with van der Waals surface area (Å²) in [5.41, 5.74) is 4.27. The lowest BCUT2D eigenvalue weighted by Gasteiger charge is -2.18. The van der Waals surface area contributed by atoms with Crippen molar-refractivity contribution >= 4 is 16.8 Å². The van der Waals surface area contributed by atoms with Gasteiger partial charge in [-0.3, -0.25) is 9.48 Å². The summed E-state index contributed by atoms with van der Waals surface area (Å²) in [5.74, 6) is -0.0625. The Morgan fingerprint density at radius 3 is 2.61 bits per heavy atom. The van der Waals surface area contributed by atoms with Crippen molar-refractivity contribution in [1.82, 2.24) is 25.0 Å². The molecule has 2 heterocycles. The van der Waals surface area contributed by atoms with Gasteiger partial charge in [-0.25, -0.2) is 4.98 Å². The standard InChI is InChI=1S/C22H29N5O/c1-5-26(6-2)13-12-23-22(28)18-14-21(19-15-24-27(7-3)16(19)4)25-20-11-9-8-10-17(18)20/h8-11,14-15H,5-7,12-13H2,1-4H3,(H,23,28). The Balaban J connectivity index is 1.94. The van der Waals surface area contributed by atoms with E-state index in [0.29, 0.717) is 12.1 Å². The lowest BCUT2D eigenvalue weighted by Crippen LogP contribution is -2.34. The third-order valence-electron chi connectivity index (χ3n) is 5.25. The number of carbonyl (C=O) groups excluding carboxylic acids is 1. The Morgan fingerprint density at radius 2 is 1.93 bits per heavy atom. The van der Waals surface area contributed by atoms with Crippen LogP contribution in [-0.4, -0.2) is 51.8 Å². The number of aryl methyl sites for hydroxylation is 1. The number of para-hydroxylation sites is 1. The molecule has 0 aliphatic carbocycles. The quantitative estimate of drug-likeness (QED) is 0.651. The second-order valence-electron chi connectivity index (χ2n) is 6.81. The lowest BCUT2D eigenvalue weighted by molar-refractivity contribution is 0.0950. The Morgan fingerprint density at radius 1 is 1.18 bits per heavy atom. The number of hydrogen-bond donors (Lipinski definition) is 1. The molecule has 0 spiro atoms. The Hall–Kier alpha value is -2.73. The molecule has 148 valence electrons. The highest BCUT2D eigenvalue weighted by atomic mass is 16.1. The van der Waals surface area contributed by atoms with Crippen molar-refractivity contribution in [1.29, 1.82) is 0 Å². The molecule has 0 unspecified atom stereocenters. The molecule has 3 rings (SSSR count). The fourth-order valence-corrected chi connectivity index (χ4v) is 3.48. The number of pyridine rings is 1. The first-order chi connectivity index (χ1) is 13.6. The summed E-state index contributed by atoms with van der Waals surface area (Å²) < 4.78 is 1.94. The molecule has 1 amide bonds. The van der Waals surface area contributed by atoms with Crippen molar-refractivity contribution in [3.05, 3.63) is 47.8 Å². The topological polar surface area (TPSA) is 63.1 Å². The number of nitrogens with zero attached hydrogens (tertiary/aromatic N) is 4. The van der Waals surface area contributed by atoms with Gasteiger partial charge in [0.05, 0.1) is 23.0 Å². The van der Waals surface area contributed by atoms with Crippen molar-refractivity contribution in [2.75, 3.05) is 26.2 Å². The Bertz CT molecular complexity index is 959. The van der Waals surface area contributed by atoms with Crippen LogP contribution in [0.1, 0.15) is 36.8 Å². The number of likely N-dealkylation sites (N-methyl/N-ethyl adjacent to an activating group) is 1. The number of hydrogen-bond acceptors (Lipinski definition) is 4. The molecule has 6 nitrogen and oxygen atoms in total. The molecule has 1 N–H and O–H groups in total. The summed E-state index contributed by atoms with van der Waals surface area (Å²) in [5, 5.41) is 8.36. The molecule has 0 aliphatic heterocycles. The van der Waals surface area contributed by atoms with Crippen LogP contribution in [-0.2, 0) is 6.54 Å². The van der Waals surface area contributed by atoms with Gasteiger partial charge in [0.2, 0.25) is 0 Å². The number of fused-ring (bicyclic) bond motifs is 1. The summed E-state index contributed by atoms with van der Waals surface area (Å²) in [6.45, 7) is 12.6. The van der Waals surface area contributed by atoms with Crippen LogP contribution in [0.4, 0.5) is 0 Å². The minimum Gasteiger partial charge on any atom is -0.351 e. The zero-order valence-corrected chi connectivity index (χ0v) is 17.2. The van der Waals surface area contributed by atoms with Crippen LogP contribution in [0, 0.1) is 6.92 Å². The zero-order valence-electron chi connectivity index (χ0n) is 17.2. The minimum absolute atomic E-state index is 0.0625. The highest BCUT2D eigenvalue weighted by molar-refractivity contribution is 6.07. The number of rotatable bonds is 8. The van der Waals surface area contributed by atoms with Crippen molar-refractivity contribution in [2.24, 2.45) is 0 Å². The van der Waals surface area contributed by atoms with E-state index in [1.807, 2.05) is 48.1 Å². The predicted molar refractivity (Wildman–Crippen MR) is 113 cm³/mol. The van der Waals surface area contributed by atoms with E-state index in [4.69, 9.17) is 4.98 Å². The van der Waals surface area contributed by atoms with Gasteiger partial charge in [0.25, 0.3) is 5.91 Å². The number of aromatic nitrogens is 3. The molecular weight excluding hydrogens is 350 g/mol. The molecular formula is C22H29N5O. The fraction of sp³-hybridized carbons (Fsp3) is 0.409. The van der Waals surface area contributed by atoms with Crippen LogP contribution in [0.5, 0.6) is 0 Å². The molecule has 0 radical (unpaired) electrons. The van der Waals surface area contributed by atoms with Crippen LogP contribution in [0.25, 0.3) is 22.2 Å². The van der Waals surface area contributed by atoms with E-state index >= 15 is 0 Å². The van der Waals surface area contributed by atoms with Gasteiger partial charge in [0.15, 0.2) is 0 Å². The van der Waals surface area contributed by atoms with Crippen LogP contribution in [0.2, 0.25) is 0 Å². The molecule has 2 aromatic heterocycles. The molecule has 0 saturated carbocycles. The van der Waals surface area contributed by atoms with Crippen molar-refractivity contribution in [3.8, 4) is 11.3 Å². The second kappa shape index (κ2) is 8.97. The van der Waals surface area contributed by atoms with Crippen LogP contribution in [0.15, 0.2) is 36.5 Å². The van der Waals surface area contributed by atoms with Crippen LogP contribution in [0.3, 0.4) is 0 Å². The van der Waals surface area contributed by atoms with E-state index < -0.39 is 0 Å². The van der Waals surface area contributed by atoms with E-state index in [1.165, 1.54) is 0 Å². The number of amides is 1. The third kappa shape index (κ3) is 4.07. The van der Waals surface area contributed by atoms with E-state index in [2.05, 4.69) is 36.1 Å². The van der Waals surface area contributed by atoms with Gasteiger partial charge in [-0.2, -0.15) is 5.10 Å². The Kier molecular flexibility index (Phi) is 6.41. The van der Waals surface area contributed by atoms with Crippen molar-refractivity contribution in [3.63, 3.8) is 0 Å². The van der Waals surface area contributed by atoms with E-state index in [9.17, 15) is 4.79 Å². The molecule has 0 aliphatic rings. The molecule has 28 heavy (non-hydrogen) atoms. The van der Waals surface area contributed by atoms with Crippen molar-refractivity contribution < 1.29 is 4.79 Å². The maximum atomic E-state index is 13.0. The first-order valence-electron chi connectivity index (χ1n) is 10.0. The molecule has 1 aromatic carbocycles. The van der Waals surface area contributed by atoms with Crippen LogP contribution >= 0.6 is 0 Å². The predicted octanol–water partition coefficient (Wildman–Crippen LogP) is 3.50. The largest absolute Gasteiger partial charge is 0.351 e. The summed E-state index contributed by atoms with van der Waals surface area (Å²) >= 11 is 0. The zero-order chi connectivity index (χ0) is 20.1. The average Bonchev–Trinajstić information content (AvgIpc) is 3.10. The highest BCUT2D eigenvalue weighted by Crippen LogP contribution is 2.27. The first kappa shape index (κ1) is 20.0. The van der Waals surface area contributed by atoms with Gasteiger partial charge in [0, 0.05) is 36.3 Å².